The van der Waals surface area contributed by atoms with E-state index in [1.807, 2.05) is 0 Å². The molecule has 0 aliphatic carbocycles. The maximum absolute atomic E-state index is 2.33. The summed E-state index contributed by atoms with van der Waals surface area (Å²) in [6.07, 6.45) is 15.1. The molecule has 2 aliphatic heterocycles. The molecule has 2 fully saturated rings. The SMILES string of the molecule is C1CCCC2CCCC(CCC1)S2. The van der Waals surface area contributed by atoms with Gasteiger partial charge >= 0.3 is 0 Å². The van der Waals surface area contributed by atoms with Crippen molar-refractivity contribution >= 4 is 11.8 Å². The zero-order valence-corrected chi connectivity index (χ0v) is 9.45. The van der Waals surface area contributed by atoms with E-state index in [0.29, 0.717) is 0 Å². The van der Waals surface area contributed by atoms with Crippen LogP contribution in [0.15, 0.2) is 0 Å². The largest absolute Gasteiger partial charge is 0.155 e. The molecule has 0 amide bonds. The van der Waals surface area contributed by atoms with Crippen LogP contribution in [0.2, 0.25) is 0 Å². The van der Waals surface area contributed by atoms with Crippen molar-refractivity contribution in [2.45, 2.75) is 74.7 Å². The highest BCUT2D eigenvalue weighted by molar-refractivity contribution is 8.00. The first-order chi connectivity index (χ1) is 6.45. The summed E-state index contributed by atoms with van der Waals surface area (Å²) >= 11 is 2.33. The van der Waals surface area contributed by atoms with Crippen LogP contribution in [-0.4, -0.2) is 10.5 Å². The minimum absolute atomic E-state index is 1.04. The van der Waals surface area contributed by atoms with Gasteiger partial charge in [0, 0.05) is 10.5 Å². The van der Waals surface area contributed by atoms with Gasteiger partial charge in [0.05, 0.1) is 0 Å². The monoisotopic (exact) mass is 198 g/mol. The molecule has 0 aromatic carbocycles. The smallest absolute Gasteiger partial charge is 0.00498 e. The first-order valence-electron chi connectivity index (χ1n) is 6.10. The van der Waals surface area contributed by atoms with Crippen molar-refractivity contribution in [3.8, 4) is 0 Å². The standard InChI is InChI=1S/C12H22S/c1-2-4-7-11-9-6-10-12(13-11)8-5-3-1/h11-12H,1-10H2. The zero-order valence-electron chi connectivity index (χ0n) is 8.63. The second-order valence-corrected chi connectivity index (χ2v) is 6.26. The Labute approximate surface area is 86.9 Å². The fourth-order valence-electron chi connectivity index (χ4n) is 2.68. The second-order valence-electron chi connectivity index (χ2n) is 4.66. The van der Waals surface area contributed by atoms with Gasteiger partial charge in [-0.1, -0.05) is 38.5 Å². The van der Waals surface area contributed by atoms with Gasteiger partial charge < -0.3 is 0 Å². The maximum atomic E-state index is 2.33. The van der Waals surface area contributed by atoms with Crippen molar-refractivity contribution in [3.05, 3.63) is 0 Å². The summed E-state index contributed by atoms with van der Waals surface area (Å²) in [5, 5.41) is 2.08. The molecule has 2 heterocycles. The van der Waals surface area contributed by atoms with Crippen LogP contribution < -0.4 is 0 Å². The summed E-state index contributed by atoms with van der Waals surface area (Å²) in [5.41, 5.74) is 0. The van der Waals surface area contributed by atoms with Gasteiger partial charge in [-0.15, -0.1) is 0 Å². The number of hydrogen-bond acceptors (Lipinski definition) is 1. The van der Waals surface area contributed by atoms with Crippen molar-refractivity contribution in [3.63, 3.8) is 0 Å². The first kappa shape index (κ1) is 9.89. The molecule has 0 N–H and O–H groups in total. The Morgan fingerprint density at radius 3 is 1.62 bits per heavy atom. The molecule has 0 nitrogen and oxygen atoms in total. The Morgan fingerprint density at radius 2 is 1.00 bits per heavy atom. The highest BCUT2D eigenvalue weighted by Gasteiger charge is 2.22. The lowest BCUT2D eigenvalue weighted by Crippen LogP contribution is -2.18. The molecule has 0 saturated carbocycles. The van der Waals surface area contributed by atoms with Crippen LogP contribution in [0, 0.1) is 0 Å². The summed E-state index contributed by atoms with van der Waals surface area (Å²) in [5.74, 6) is 0. The van der Waals surface area contributed by atoms with Gasteiger partial charge in [0.15, 0.2) is 0 Å². The fourth-order valence-corrected chi connectivity index (χ4v) is 4.44. The summed E-state index contributed by atoms with van der Waals surface area (Å²) in [7, 11) is 0. The van der Waals surface area contributed by atoms with Crippen LogP contribution in [0.25, 0.3) is 0 Å². The van der Waals surface area contributed by atoms with Gasteiger partial charge in [-0.3, -0.25) is 0 Å². The Morgan fingerprint density at radius 1 is 0.538 bits per heavy atom. The van der Waals surface area contributed by atoms with Crippen LogP contribution in [0.1, 0.15) is 64.2 Å². The van der Waals surface area contributed by atoms with E-state index in [2.05, 4.69) is 11.8 Å². The average Bonchev–Trinajstić information content (AvgIpc) is 2.17. The van der Waals surface area contributed by atoms with Crippen molar-refractivity contribution < 1.29 is 0 Å². The summed E-state index contributed by atoms with van der Waals surface area (Å²) < 4.78 is 0. The van der Waals surface area contributed by atoms with Gasteiger partial charge in [-0.25, -0.2) is 0 Å². The van der Waals surface area contributed by atoms with Crippen LogP contribution in [0.4, 0.5) is 0 Å². The van der Waals surface area contributed by atoms with Gasteiger partial charge in [0.2, 0.25) is 0 Å². The van der Waals surface area contributed by atoms with E-state index in [4.69, 9.17) is 0 Å². The summed E-state index contributed by atoms with van der Waals surface area (Å²) in [6, 6.07) is 0. The molecular weight excluding hydrogens is 176 g/mol. The minimum Gasteiger partial charge on any atom is -0.155 e. The topological polar surface area (TPSA) is 0 Å². The van der Waals surface area contributed by atoms with Crippen molar-refractivity contribution in [2.24, 2.45) is 0 Å². The second kappa shape index (κ2) is 5.29. The van der Waals surface area contributed by atoms with E-state index in [1.54, 1.807) is 0 Å². The number of rotatable bonds is 0. The van der Waals surface area contributed by atoms with E-state index < -0.39 is 0 Å². The average molecular weight is 198 g/mol. The van der Waals surface area contributed by atoms with Crippen molar-refractivity contribution in [2.75, 3.05) is 0 Å². The van der Waals surface area contributed by atoms with E-state index >= 15 is 0 Å². The maximum Gasteiger partial charge on any atom is 0.00498 e. The van der Waals surface area contributed by atoms with Gasteiger partial charge in [0.1, 0.15) is 0 Å². The van der Waals surface area contributed by atoms with E-state index in [9.17, 15) is 0 Å². The molecule has 2 saturated heterocycles. The van der Waals surface area contributed by atoms with E-state index in [-0.39, 0.29) is 0 Å². The molecule has 2 unspecified atom stereocenters. The van der Waals surface area contributed by atoms with Crippen LogP contribution in [-0.2, 0) is 0 Å². The molecule has 1 heteroatoms. The number of fused-ring (bicyclic) bond motifs is 2. The van der Waals surface area contributed by atoms with Gasteiger partial charge in [-0.05, 0) is 25.7 Å². The Kier molecular flexibility index (Phi) is 4.02. The molecule has 0 aromatic rings. The lowest BCUT2D eigenvalue weighted by molar-refractivity contribution is 0.495. The van der Waals surface area contributed by atoms with Crippen molar-refractivity contribution in [1.29, 1.82) is 0 Å². The lowest BCUT2D eigenvalue weighted by Gasteiger charge is -2.29. The zero-order chi connectivity index (χ0) is 8.93. The predicted molar refractivity (Wildman–Crippen MR) is 61.3 cm³/mol. The van der Waals surface area contributed by atoms with Crippen LogP contribution >= 0.6 is 11.8 Å². The fraction of sp³-hybridized carbons (Fsp3) is 1.00. The molecule has 2 atom stereocenters. The number of hydrogen-bond donors (Lipinski definition) is 0. The Bertz CT molecular complexity index is 130. The van der Waals surface area contributed by atoms with E-state index in [1.165, 1.54) is 64.2 Å². The Balaban J connectivity index is 1.83. The molecule has 2 aliphatic rings. The third-order valence-corrected chi connectivity index (χ3v) is 5.20. The third-order valence-electron chi connectivity index (χ3n) is 3.49. The quantitative estimate of drug-likeness (QED) is 0.556. The third kappa shape index (κ3) is 3.19. The van der Waals surface area contributed by atoms with Crippen molar-refractivity contribution in [1.82, 2.24) is 0 Å². The molecule has 0 spiro atoms. The van der Waals surface area contributed by atoms with Crippen LogP contribution in [0.3, 0.4) is 0 Å². The predicted octanol–water partition coefficient (Wildman–Crippen LogP) is 4.39. The van der Waals surface area contributed by atoms with Gasteiger partial charge in [0.25, 0.3) is 0 Å². The molecule has 2 rings (SSSR count). The molecule has 76 valence electrons. The van der Waals surface area contributed by atoms with Gasteiger partial charge in [-0.2, -0.15) is 11.8 Å². The number of thioether (sulfide) groups is 1. The lowest BCUT2D eigenvalue weighted by atomic mass is 10.00. The molecular formula is C12H22S. The van der Waals surface area contributed by atoms with E-state index in [0.717, 1.165) is 10.5 Å². The first-order valence-corrected chi connectivity index (χ1v) is 7.05. The molecule has 2 bridgehead atoms. The molecule has 0 aromatic heterocycles. The summed E-state index contributed by atoms with van der Waals surface area (Å²) in [4.78, 5) is 0. The highest BCUT2D eigenvalue weighted by Crippen LogP contribution is 2.37. The minimum atomic E-state index is 1.04. The highest BCUT2D eigenvalue weighted by atomic mass is 32.2. The molecule has 13 heavy (non-hydrogen) atoms. The molecule has 0 radical (unpaired) electrons. The van der Waals surface area contributed by atoms with Crippen LogP contribution in [0.5, 0.6) is 0 Å². The summed E-state index contributed by atoms with van der Waals surface area (Å²) in [6.45, 7) is 0. The normalized spacial score (nSPS) is 36.9. The Hall–Kier alpha value is 0.350.